The third-order valence-corrected chi connectivity index (χ3v) is 4.69. The molecule has 3 rings (SSSR count). The van der Waals surface area contributed by atoms with Crippen molar-refractivity contribution in [2.24, 2.45) is 0 Å². The van der Waals surface area contributed by atoms with Gasteiger partial charge in [0.1, 0.15) is 5.75 Å². The van der Waals surface area contributed by atoms with E-state index in [9.17, 15) is 5.11 Å². The van der Waals surface area contributed by atoms with Crippen LogP contribution in [0.3, 0.4) is 0 Å². The van der Waals surface area contributed by atoms with Gasteiger partial charge in [0, 0.05) is 43.4 Å². The summed E-state index contributed by atoms with van der Waals surface area (Å²) in [5, 5.41) is 11.3. The number of hydrogen-bond donors (Lipinski definition) is 1. The van der Waals surface area contributed by atoms with Crippen molar-refractivity contribution in [2.45, 2.75) is 6.10 Å². The van der Waals surface area contributed by atoms with E-state index < -0.39 is 6.10 Å². The minimum atomic E-state index is -0.502. The number of anilines is 1. The SMILES string of the molecule is COc1cccc([C@H](O)CN2CCN(c3cccc(Cl)c3)CC2)c1. The lowest BCUT2D eigenvalue weighted by Gasteiger charge is -2.37. The van der Waals surface area contributed by atoms with Gasteiger partial charge < -0.3 is 14.7 Å². The lowest BCUT2D eigenvalue weighted by molar-refractivity contribution is 0.109. The molecule has 1 atom stereocenters. The number of nitrogens with zero attached hydrogens (tertiary/aromatic N) is 2. The van der Waals surface area contributed by atoms with Crippen LogP contribution in [-0.2, 0) is 0 Å². The summed E-state index contributed by atoms with van der Waals surface area (Å²) in [5.41, 5.74) is 2.06. The first-order valence-electron chi connectivity index (χ1n) is 8.20. The smallest absolute Gasteiger partial charge is 0.119 e. The Balaban J connectivity index is 1.55. The maximum atomic E-state index is 10.5. The summed E-state index contributed by atoms with van der Waals surface area (Å²) in [6.07, 6.45) is -0.502. The van der Waals surface area contributed by atoms with Crippen LogP contribution >= 0.6 is 11.6 Å². The second-order valence-electron chi connectivity index (χ2n) is 6.06. The molecule has 4 nitrogen and oxygen atoms in total. The average molecular weight is 347 g/mol. The monoisotopic (exact) mass is 346 g/mol. The first-order valence-corrected chi connectivity index (χ1v) is 8.58. The third kappa shape index (κ3) is 4.20. The second-order valence-corrected chi connectivity index (χ2v) is 6.50. The molecule has 0 radical (unpaired) electrons. The van der Waals surface area contributed by atoms with E-state index in [1.165, 1.54) is 0 Å². The number of benzene rings is 2. The molecular formula is C19H23ClN2O2. The van der Waals surface area contributed by atoms with E-state index in [-0.39, 0.29) is 0 Å². The molecule has 128 valence electrons. The van der Waals surface area contributed by atoms with Gasteiger partial charge in [0.15, 0.2) is 0 Å². The molecule has 0 bridgehead atoms. The van der Waals surface area contributed by atoms with Crippen LogP contribution in [0, 0.1) is 0 Å². The van der Waals surface area contributed by atoms with Gasteiger partial charge in [0.2, 0.25) is 0 Å². The summed E-state index contributed by atoms with van der Waals surface area (Å²) < 4.78 is 5.23. The summed E-state index contributed by atoms with van der Waals surface area (Å²) in [5.74, 6) is 0.775. The van der Waals surface area contributed by atoms with Gasteiger partial charge in [-0.1, -0.05) is 29.8 Å². The highest BCUT2D eigenvalue weighted by Gasteiger charge is 2.20. The Kier molecular flexibility index (Phi) is 5.61. The Hall–Kier alpha value is -1.75. The molecule has 1 saturated heterocycles. The van der Waals surface area contributed by atoms with Gasteiger partial charge in [-0.25, -0.2) is 0 Å². The minimum Gasteiger partial charge on any atom is -0.497 e. The van der Waals surface area contributed by atoms with Gasteiger partial charge in [0.25, 0.3) is 0 Å². The van der Waals surface area contributed by atoms with Crippen molar-refractivity contribution in [2.75, 3.05) is 44.7 Å². The molecule has 1 N–H and O–H groups in total. The van der Waals surface area contributed by atoms with Crippen LogP contribution in [0.1, 0.15) is 11.7 Å². The molecular weight excluding hydrogens is 324 g/mol. The number of aliphatic hydroxyl groups is 1. The van der Waals surface area contributed by atoms with Gasteiger partial charge in [-0.2, -0.15) is 0 Å². The number of methoxy groups -OCH3 is 1. The summed E-state index contributed by atoms with van der Waals surface area (Å²) in [6.45, 7) is 4.36. The topological polar surface area (TPSA) is 35.9 Å². The van der Waals surface area contributed by atoms with Crippen molar-refractivity contribution >= 4 is 17.3 Å². The van der Waals surface area contributed by atoms with Crippen molar-refractivity contribution in [3.05, 3.63) is 59.1 Å². The number of aliphatic hydroxyl groups excluding tert-OH is 1. The normalized spacial score (nSPS) is 16.9. The van der Waals surface area contributed by atoms with Gasteiger partial charge in [-0.15, -0.1) is 0 Å². The molecule has 0 spiro atoms. The number of β-amino-alcohol motifs (C(OH)–C–C–N with tert-alkyl or cyclic N) is 1. The molecule has 2 aromatic carbocycles. The highest BCUT2D eigenvalue weighted by Crippen LogP contribution is 2.23. The van der Waals surface area contributed by atoms with Crippen LogP contribution in [0.4, 0.5) is 5.69 Å². The number of piperazine rings is 1. The molecule has 2 aromatic rings. The van der Waals surface area contributed by atoms with Crippen LogP contribution in [0.25, 0.3) is 0 Å². The van der Waals surface area contributed by atoms with E-state index >= 15 is 0 Å². The molecule has 1 aliphatic heterocycles. The lowest BCUT2D eigenvalue weighted by Crippen LogP contribution is -2.47. The van der Waals surface area contributed by atoms with Gasteiger partial charge in [-0.05, 0) is 35.9 Å². The van der Waals surface area contributed by atoms with Crippen LogP contribution in [0.15, 0.2) is 48.5 Å². The predicted molar refractivity (Wildman–Crippen MR) is 98.1 cm³/mol. The zero-order valence-corrected chi connectivity index (χ0v) is 14.6. The number of hydrogen-bond acceptors (Lipinski definition) is 4. The standard InChI is InChI=1S/C19H23ClN2O2/c1-24-18-7-2-4-15(12-18)19(23)14-21-8-10-22(11-9-21)17-6-3-5-16(20)13-17/h2-7,12-13,19,23H,8-11,14H2,1H3/t19-/m1/s1. The van der Waals surface area contributed by atoms with E-state index in [1.54, 1.807) is 7.11 Å². The fraction of sp³-hybridized carbons (Fsp3) is 0.368. The highest BCUT2D eigenvalue weighted by molar-refractivity contribution is 6.30. The number of halogens is 1. The fourth-order valence-corrected chi connectivity index (χ4v) is 3.24. The molecule has 24 heavy (non-hydrogen) atoms. The first-order chi connectivity index (χ1) is 11.7. The lowest BCUT2D eigenvalue weighted by atomic mass is 10.1. The molecule has 0 aliphatic carbocycles. The van der Waals surface area contributed by atoms with Gasteiger partial charge >= 0.3 is 0 Å². The summed E-state index contributed by atoms with van der Waals surface area (Å²) in [7, 11) is 1.64. The van der Waals surface area contributed by atoms with Crippen molar-refractivity contribution in [3.63, 3.8) is 0 Å². The zero-order chi connectivity index (χ0) is 16.9. The Morgan fingerprint density at radius 3 is 2.54 bits per heavy atom. The summed E-state index contributed by atoms with van der Waals surface area (Å²) in [4.78, 5) is 4.63. The molecule has 0 amide bonds. The molecule has 1 aliphatic rings. The second kappa shape index (κ2) is 7.88. The summed E-state index contributed by atoms with van der Waals surface area (Å²) >= 11 is 6.07. The maximum Gasteiger partial charge on any atom is 0.119 e. The van der Waals surface area contributed by atoms with Gasteiger partial charge in [0.05, 0.1) is 13.2 Å². The maximum absolute atomic E-state index is 10.5. The van der Waals surface area contributed by atoms with E-state index in [4.69, 9.17) is 16.3 Å². The van der Waals surface area contributed by atoms with E-state index in [0.29, 0.717) is 6.54 Å². The Morgan fingerprint density at radius 2 is 1.83 bits per heavy atom. The molecule has 0 aromatic heterocycles. The quantitative estimate of drug-likeness (QED) is 0.902. The minimum absolute atomic E-state index is 0.502. The molecule has 0 unspecified atom stereocenters. The van der Waals surface area contributed by atoms with Crippen LogP contribution in [0.2, 0.25) is 5.02 Å². The van der Waals surface area contributed by atoms with Crippen molar-refractivity contribution in [3.8, 4) is 5.75 Å². The molecule has 0 saturated carbocycles. The van der Waals surface area contributed by atoms with E-state index in [2.05, 4.69) is 15.9 Å². The van der Waals surface area contributed by atoms with Gasteiger partial charge in [-0.3, -0.25) is 4.90 Å². The fourth-order valence-electron chi connectivity index (χ4n) is 3.06. The van der Waals surface area contributed by atoms with Crippen molar-refractivity contribution in [1.82, 2.24) is 4.90 Å². The largest absolute Gasteiger partial charge is 0.497 e. The molecule has 5 heteroatoms. The third-order valence-electron chi connectivity index (χ3n) is 4.46. The molecule has 1 fully saturated rings. The Bertz CT molecular complexity index is 672. The van der Waals surface area contributed by atoms with Crippen molar-refractivity contribution in [1.29, 1.82) is 0 Å². The Labute approximate surface area is 148 Å². The summed E-state index contributed by atoms with van der Waals surface area (Å²) in [6, 6.07) is 15.6. The highest BCUT2D eigenvalue weighted by atomic mass is 35.5. The van der Waals surface area contributed by atoms with Crippen LogP contribution in [-0.4, -0.2) is 49.8 Å². The number of rotatable bonds is 5. The molecule has 1 heterocycles. The van der Waals surface area contributed by atoms with E-state index in [0.717, 1.165) is 48.2 Å². The van der Waals surface area contributed by atoms with Crippen LogP contribution < -0.4 is 9.64 Å². The number of ether oxygens (including phenoxy) is 1. The zero-order valence-electron chi connectivity index (χ0n) is 13.9. The van der Waals surface area contributed by atoms with E-state index in [1.807, 2.05) is 42.5 Å². The predicted octanol–water partition coefficient (Wildman–Crippen LogP) is 3.20. The van der Waals surface area contributed by atoms with Crippen LogP contribution in [0.5, 0.6) is 5.75 Å². The first kappa shape index (κ1) is 17.1. The van der Waals surface area contributed by atoms with Crippen molar-refractivity contribution < 1.29 is 9.84 Å². The average Bonchev–Trinajstić information content (AvgIpc) is 2.62. The Morgan fingerprint density at radius 1 is 1.08 bits per heavy atom.